The van der Waals surface area contributed by atoms with Gasteiger partial charge >= 0.3 is 5.97 Å². The zero-order valence-electron chi connectivity index (χ0n) is 9.18. The van der Waals surface area contributed by atoms with Crippen molar-refractivity contribution in [3.05, 3.63) is 0 Å². The molecule has 0 spiro atoms. The lowest BCUT2D eigenvalue weighted by Crippen LogP contribution is -2.38. The van der Waals surface area contributed by atoms with Crippen LogP contribution in [-0.2, 0) is 4.79 Å². The summed E-state index contributed by atoms with van der Waals surface area (Å²) in [7, 11) is 0. The van der Waals surface area contributed by atoms with Gasteiger partial charge in [-0.2, -0.15) is 0 Å². The lowest BCUT2D eigenvalue weighted by Gasteiger charge is -2.27. The number of hydrogen-bond donors (Lipinski definition) is 2. The van der Waals surface area contributed by atoms with Crippen LogP contribution >= 0.6 is 0 Å². The SMILES string of the molecule is CC1(C)CCCC1NCCCC(=O)O. The summed E-state index contributed by atoms with van der Waals surface area (Å²) in [5.41, 5.74) is 0.392. The van der Waals surface area contributed by atoms with Crippen molar-refractivity contribution in [2.75, 3.05) is 6.54 Å². The highest BCUT2D eigenvalue weighted by atomic mass is 16.4. The Morgan fingerprint density at radius 3 is 2.79 bits per heavy atom. The van der Waals surface area contributed by atoms with E-state index in [1.54, 1.807) is 0 Å². The van der Waals surface area contributed by atoms with Gasteiger partial charge in [0.2, 0.25) is 0 Å². The van der Waals surface area contributed by atoms with Crippen molar-refractivity contribution in [3.8, 4) is 0 Å². The molecule has 0 heterocycles. The Balaban J connectivity index is 2.15. The Kier molecular flexibility index (Phi) is 3.93. The molecule has 0 aromatic carbocycles. The van der Waals surface area contributed by atoms with Crippen LogP contribution in [0.3, 0.4) is 0 Å². The van der Waals surface area contributed by atoms with Crippen molar-refractivity contribution in [1.82, 2.24) is 5.32 Å². The highest BCUT2D eigenvalue weighted by Crippen LogP contribution is 2.36. The lowest BCUT2D eigenvalue weighted by molar-refractivity contribution is -0.137. The first-order valence-corrected chi connectivity index (χ1v) is 5.47. The minimum Gasteiger partial charge on any atom is -0.481 e. The largest absolute Gasteiger partial charge is 0.481 e. The van der Waals surface area contributed by atoms with Crippen LogP contribution in [0.25, 0.3) is 0 Å². The van der Waals surface area contributed by atoms with Crippen molar-refractivity contribution < 1.29 is 9.90 Å². The van der Waals surface area contributed by atoms with Crippen LogP contribution < -0.4 is 5.32 Å². The van der Waals surface area contributed by atoms with E-state index in [9.17, 15) is 4.79 Å². The molecule has 1 rings (SSSR count). The van der Waals surface area contributed by atoms with E-state index in [4.69, 9.17) is 5.11 Å². The summed E-state index contributed by atoms with van der Waals surface area (Å²) in [6, 6.07) is 0.580. The molecule has 0 bridgehead atoms. The van der Waals surface area contributed by atoms with E-state index >= 15 is 0 Å². The Morgan fingerprint density at radius 2 is 2.29 bits per heavy atom. The first-order chi connectivity index (χ1) is 6.52. The van der Waals surface area contributed by atoms with Gasteiger partial charge in [-0.05, 0) is 31.2 Å². The second-order valence-corrected chi connectivity index (χ2v) is 4.88. The van der Waals surface area contributed by atoms with Gasteiger partial charge in [0.05, 0.1) is 0 Å². The van der Waals surface area contributed by atoms with E-state index in [-0.39, 0.29) is 6.42 Å². The van der Waals surface area contributed by atoms with E-state index < -0.39 is 5.97 Å². The molecule has 1 atom stereocenters. The molecule has 14 heavy (non-hydrogen) atoms. The maximum Gasteiger partial charge on any atom is 0.303 e. The van der Waals surface area contributed by atoms with Gasteiger partial charge in [-0.3, -0.25) is 4.79 Å². The van der Waals surface area contributed by atoms with Crippen molar-refractivity contribution in [2.24, 2.45) is 5.41 Å². The summed E-state index contributed by atoms with van der Waals surface area (Å²) in [6.07, 6.45) is 4.83. The molecule has 0 radical (unpaired) electrons. The highest BCUT2D eigenvalue weighted by Gasteiger charge is 2.33. The Bertz CT molecular complexity index is 201. The third-order valence-corrected chi connectivity index (χ3v) is 3.22. The molecule has 0 aromatic rings. The highest BCUT2D eigenvalue weighted by molar-refractivity contribution is 5.66. The fraction of sp³-hybridized carbons (Fsp3) is 0.909. The summed E-state index contributed by atoms with van der Waals surface area (Å²) >= 11 is 0. The van der Waals surface area contributed by atoms with Crippen LogP contribution in [-0.4, -0.2) is 23.7 Å². The van der Waals surface area contributed by atoms with Gasteiger partial charge in [-0.15, -0.1) is 0 Å². The topological polar surface area (TPSA) is 49.3 Å². The van der Waals surface area contributed by atoms with Crippen molar-refractivity contribution in [3.63, 3.8) is 0 Å². The summed E-state index contributed by atoms with van der Waals surface area (Å²) in [5, 5.41) is 11.9. The molecular weight excluding hydrogens is 178 g/mol. The molecule has 2 N–H and O–H groups in total. The third kappa shape index (κ3) is 3.29. The Morgan fingerprint density at radius 1 is 1.57 bits per heavy atom. The number of carboxylic acids is 1. The van der Waals surface area contributed by atoms with Crippen LogP contribution in [0, 0.1) is 5.41 Å². The second-order valence-electron chi connectivity index (χ2n) is 4.88. The van der Waals surface area contributed by atoms with Crippen LogP contribution in [0.4, 0.5) is 0 Å². The predicted molar refractivity (Wildman–Crippen MR) is 56.3 cm³/mol. The van der Waals surface area contributed by atoms with Gasteiger partial charge in [0.15, 0.2) is 0 Å². The fourth-order valence-electron chi connectivity index (χ4n) is 2.22. The molecule has 0 aliphatic heterocycles. The van der Waals surface area contributed by atoms with E-state index in [0.717, 1.165) is 13.0 Å². The number of rotatable bonds is 5. The average Bonchev–Trinajstić information content (AvgIpc) is 2.39. The van der Waals surface area contributed by atoms with Gasteiger partial charge in [-0.1, -0.05) is 20.3 Å². The van der Waals surface area contributed by atoms with Gasteiger partial charge in [0.25, 0.3) is 0 Å². The summed E-state index contributed by atoms with van der Waals surface area (Å²) in [5.74, 6) is -0.697. The monoisotopic (exact) mass is 199 g/mol. The van der Waals surface area contributed by atoms with Gasteiger partial charge < -0.3 is 10.4 Å². The molecule has 1 unspecified atom stereocenters. The summed E-state index contributed by atoms with van der Waals surface area (Å²) < 4.78 is 0. The summed E-state index contributed by atoms with van der Waals surface area (Å²) in [6.45, 7) is 5.41. The third-order valence-electron chi connectivity index (χ3n) is 3.22. The lowest BCUT2D eigenvalue weighted by atomic mass is 9.87. The molecule has 82 valence electrons. The molecule has 0 amide bonds. The van der Waals surface area contributed by atoms with Crippen LogP contribution in [0.1, 0.15) is 46.0 Å². The Hall–Kier alpha value is -0.570. The molecule has 0 aromatic heterocycles. The Labute approximate surface area is 85.9 Å². The fourth-order valence-corrected chi connectivity index (χ4v) is 2.22. The maximum absolute atomic E-state index is 10.3. The predicted octanol–water partition coefficient (Wildman–Crippen LogP) is 2.02. The van der Waals surface area contributed by atoms with Gasteiger partial charge in [0.1, 0.15) is 0 Å². The van der Waals surface area contributed by atoms with Crippen LogP contribution in [0.5, 0.6) is 0 Å². The quantitative estimate of drug-likeness (QED) is 0.666. The summed E-state index contributed by atoms with van der Waals surface area (Å²) in [4.78, 5) is 10.3. The molecule has 1 aliphatic carbocycles. The van der Waals surface area contributed by atoms with Gasteiger partial charge in [0, 0.05) is 12.5 Å². The number of nitrogens with one attached hydrogen (secondary N) is 1. The number of carbonyl (C=O) groups is 1. The van der Waals surface area contributed by atoms with E-state index in [1.807, 2.05) is 0 Å². The number of aliphatic carboxylic acids is 1. The van der Waals surface area contributed by atoms with E-state index in [0.29, 0.717) is 11.5 Å². The van der Waals surface area contributed by atoms with Gasteiger partial charge in [-0.25, -0.2) is 0 Å². The first kappa shape index (κ1) is 11.5. The molecular formula is C11H21NO2. The van der Waals surface area contributed by atoms with E-state index in [1.165, 1.54) is 19.3 Å². The number of carboxylic acid groups (broad SMARTS) is 1. The first-order valence-electron chi connectivity index (χ1n) is 5.47. The van der Waals surface area contributed by atoms with E-state index in [2.05, 4.69) is 19.2 Å². The minimum atomic E-state index is -0.697. The van der Waals surface area contributed by atoms with Crippen molar-refractivity contribution in [2.45, 2.75) is 52.0 Å². The molecule has 1 aliphatic rings. The smallest absolute Gasteiger partial charge is 0.303 e. The second kappa shape index (κ2) is 4.78. The maximum atomic E-state index is 10.3. The number of hydrogen-bond acceptors (Lipinski definition) is 2. The normalized spacial score (nSPS) is 25.1. The molecule has 1 saturated carbocycles. The standard InChI is InChI=1S/C11H21NO2/c1-11(2)7-3-5-9(11)12-8-4-6-10(13)14/h9,12H,3-8H2,1-2H3,(H,13,14). The zero-order chi connectivity index (χ0) is 10.6. The van der Waals surface area contributed by atoms with Crippen LogP contribution in [0.2, 0.25) is 0 Å². The van der Waals surface area contributed by atoms with Crippen LogP contribution in [0.15, 0.2) is 0 Å². The van der Waals surface area contributed by atoms with Crippen molar-refractivity contribution >= 4 is 5.97 Å². The molecule has 3 heteroatoms. The average molecular weight is 199 g/mol. The van der Waals surface area contributed by atoms with Crippen molar-refractivity contribution in [1.29, 1.82) is 0 Å². The molecule has 1 fully saturated rings. The molecule has 3 nitrogen and oxygen atoms in total. The molecule has 0 saturated heterocycles. The zero-order valence-corrected chi connectivity index (χ0v) is 9.18. The minimum absolute atomic E-state index is 0.278.